The van der Waals surface area contributed by atoms with E-state index in [9.17, 15) is 25.3 Å². The van der Waals surface area contributed by atoms with Gasteiger partial charge in [-0.05, 0) is 12.1 Å². The first-order chi connectivity index (χ1) is 8.24. The Balaban J connectivity index is 4.00. The normalized spacial score (nSPS) is 13.4. The first kappa shape index (κ1) is 15.8. The maximum Gasteiger partial charge on any atom is 0.296 e. The molecule has 1 aromatic rings. The van der Waals surface area contributed by atoms with Gasteiger partial charge in [0.2, 0.25) is 0 Å². The van der Waals surface area contributed by atoms with E-state index in [-0.39, 0.29) is 12.1 Å². The molecule has 13 heteroatoms. The van der Waals surface area contributed by atoms with Gasteiger partial charge in [0.15, 0.2) is 0 Å². The Bertz CT molecular complexity index is 781. The third-order valence-electron chi connectivity index (χ3n) is 1.93. The van der Waals surface area contributed by atoms with E-state index in [1.54, 1.807) is 0 Å². The molecule has 1 rings (SSSR count). The van der Waals surface area contributed by atoms with Crippen molar-refractivity contribution in [3.8, 4) is 0 Å². The minimum Gasteiger partial charge on any atom is -0.396 e. The van der Waals surface area contributed by atoms with Gasteiger partial charge in [-0.1, -0.05) is 0 Å². The molecular formula is C6H7NO9S3. The number of anilines is 1. The van der Waals surface area contributed by atoms with Crippen LogP contribution in [0.25, 0.3) is 0 Å². The molecule has 0 atom stereocenters. The van der Waals surface area contributed by atoms with Crippen molar-refractivity contribution in [2.45, 2.75) is 14.7 Å². The topological polar surface area (TPSA) is 189 Å². The molecule has 0 bridgehead atoms. The van der Waals surface area contributed by atoms with E-state index < -0.39 is 50.7 Å². The summed E-state index contributed by atoms with van der Waals surface area (Å²) in [6.45, 7) is 0. The molecule has 0 aliphatic rings. The monoisotopic (exact) mass is 333 g/mol. The summed E-state index contributed by atoms with van der Waals surface area (Å²) in [6, 6.07) is 0.489. The summed E-state index contributed by atoms with van der Waals surface area (Å²) < 4.78 is 91.8. The molecule has 0 saturated heterocycles. The average molecular weight is 333 g/mol. The lowest BCUT2D eigenvalue weighted by molar-refractivity contribution is 0.479. The van der Waals surface area contributed by atoms with Gasteiger partial charge in [0.05, 0.1) is 10.6 Å². The molecule has 19 heavy (non-hydrogen) atoms. The molecule has 0 fully saturated rings. The van der Waals surface area contributed by atoms with Crippen LogP contribution in [-0.4, -0.2) is 38.9 Å². The van der Waals surface area contributed by atoms with Crippen LogP contribution in [0.5, 0.6) is 0 Å². The highest BCUT2D eigenvalue weighted by atomic mass is 32.2. The molecule has 0 amide bonds. The van der Waals surface area contributed by atoms with Crippen LogP contribution in [0.1, 0.15) is 0 Å². The van der Waals surface area contributed by atoms with Gasteiger partial charge in [-0.25, -0.2) is 0 Å². The van der Waals surface area contributed by atoms with Crippen LogP contribution < -0.4 is 5.73 Å². The first-order valence-corrected chi connectivity index (χ1v) is 8.42. The lowest BCUT2D eigenvalue weighted by Gasteiger charge is -2.09. The Kier molecular flexibility index (Phi) is 3.66. The predicted molar refractivity (Wildman–Crippen MR) is 60.3 cm³/mol. The van der Waals surface area contributed by atoms with E-state index in [0.29, 0.717) is 0 Å². The summed E-state index contributed by atoms with van der Waals surface area (Å²) in [6.07, 6.45) is 0. The van der Waals surface area contributed by atoms with Crippen molar-refractivity contribution < 1.29 is 38.9 Å². The Morgan fingerprint density at radius 3 is 1.26 bits per heavy atom. The number of benzene rings is 1. The number of hydrogen-bond donors (Lipinski definition) is 4. The minimum absolute atomic E-state index is 0.245. The van der Waals surface area contributed by atoms with Crippen LogP contribution in [0.3, 0.4) is 0 Å². The summed E-state index contributed by atoms with van der Waals surface area (Å²) in [5, 5.41) is 0. The highest BCUT2D eigenvalue weighted by Gasteiger charge is 2.27. The van der Waals surface area contributed by atoms with Crippen LogP contribution >= 0.6 is 0 Å². The molecule has 0 unspecified atom stereocenters. The molecule has 10 nitrogen and oxygen atoms in total. The molecule has 0 heterocycles. The highest BCUT2D eigenvalue weighted by Crippen LogP contribution is 2.29. The van der Waals surface area contributed by atoms with Gasteiger partial charge < -0.3 is 5.73 Å². The van der Waals surface area contributed by atoms with Gasteiger partial charge in [0, 0.05) is 0 Å². The second kappa shape index (κ2) is 4.39. The zero-order valence-electron chi connectivity index (χ0n) is 8.75. The molecule has 0 radical (unpaired) electrons. The molecule has 0 aliphatic heterocycles. The standard InChI is InChI=1S/C6H7NO9S3/c7-6-4(18(11,12)13)1-3(17(8,9)10)2-5(6)19(14,15)16/h1-2H,7H2,(H,8,9,10)(H,11,12,13)(H,14,15,16). The Morgan fingerprint density at radius 2 is 1.05 bits per heavy atom. The minimum atomic E-state index is -5.08. The summed E-state index contributed by atoms with van der Waals surface area (Å²) in [5.41, 5.74) is 4.03. The maximum absolute atomic E-state index is 10.9. The van der Waals surface area contributed by atoms with Crippen molar-refractivity contribution >= 4 is 36.0 Å². The summed E-state index contributed by atoms with van der Waals surface area (Å²) in [5.74, 6) is 0. The smallest absolute Gasteiger partial charge is 0.296 e. The predicted octanol–water partition coefficient (Wildman–Crippen LogP) is -0.991. The third-order valence-corrected chi connectivity index (χ3v) is 4.55. The Hall–Kier alpha value is -1.25. The maximum atomic E-state index is 10.9. The number of hydrogen-bond acceptors (Lipinski definition) is 7. The SMILES string of the molecule is Nc1c(S(=O)(=O)O)cc(S(=O)(=O)O)cc1S(=O)(=O)O. The fourth-order valence-electron chi connectivity index (χ4n) is 1.15. The van der Waals surface area contributed by atoms with Crippen molar-refractivity contribution in [2.75, 3.05) is 5.73 Å². The molecule has 5 N–H and O–H groups in total. The summed E-state index contributed by atoms with van der Waals surface area (Å²) in [7, 11) is -15.1. The van der Waals surface area contributed by atoms with Crippen molar-refractivity contribution in [1.29, 1.82) is 0 Å². The van der Waals surface area contributed by atoms with E-state index in [4.69, 9.17) is 19.4 Å². The summed E-state index contributed by atoms with van der Waals surface area (Å²) in [4.78, 5) is -3.74. The van der Waals surface area contributed by atoms with Gasteiger partial charge in [0.1, 0.15) is 9.79 Å². The largest absolute Gasteiger partial charge is 0.396 e. The third kappa shape index (κ3) is 3.40. The number of nitrogen functional groups attached to an aromatic ring is 1. The van der Waals surface area contributed by atoms with Gasteiger partial charge in [-0.2, -0.15) is 25.3 Å². The second-order valence-electron chi connectivity index (χ2n) is 3.26. The Morgan fingerprint density at radius 1 is 0.737 bits per heavy atom. The van der Waals surface area contributed by atoms with E-state index in [0.717, 1.165) is 0 Å². The first-order valence-electron chi connectivity index (χ1n) is 4.10. The molecule has 108 valence electrons. The zero-order valence-corrected chi connectivity index (χ0v) is 11.2. The zero-order chi connectivity index (χ0) is 15.2. The van der Waals surface area contributed by atoms with Crippen molar-refractivity contribution in [3.05, 3.63) is 12.1 Å². The van der Waals surface area contributed by atoms with Crippen LogP contribution in [-0.2, 0) is 30.4 Å². The summed E-state index contributed by atoms with van der Waals surface area (Å²) >= 11 is 0. The van der Waals surface area contributed by atoms with E-state index in [2.05, 4.69) is 0 Å². The van der Waals surface area contributed by atoms with Crippen LogP contribution in [0.4, 0.5) is 5.69 Å². The molecule has 0 aromatic heterocycles. The Labute approximate surface area is 108 Å². The lowest BCUT2D eigenvalue weighted by atomic mass is 10.3. The van der Waals surface area contributed by atoms with Crippen LogP contribution in [0.15, 0.2) is 26.8 Å². The van der Waals surface area contributed by atoms with Gasteiger partial charge in [-0.15, -0.1) is 0 Å². The van der Waals surface area contributed by atoms with E-state index >= 15 is 0 Å². The van der Waals surface area contributed by atoms with Crippen LogP contribution in [0.2, 0.25) is 0 Å². The molecular weight excluding hydrogens is 326 g/mol. The number of rotatable bonds is 3. The number of nitrogens with two attached hydrogens (primary N) is 1. The molecule has 1 aromatic carbocycles. The van der Waals surface area contributed by atoms with Gasteiger partial charge >= 0.3 is 0 Å². The van der Waals surface area contributed by atoms with Gasteiger partial charge in [-0.3, -0.25) is 13.7 Å². The van der Waals surface area contributed by atoms with Crippen molar-refractivity contribution in [1.82, 2.24) is 0 Å². The highest BCUT2D eigenvalue weighted by molar-refractivity contribution is 7.87. The average Bonchev–Trinajstić information content (AvgIpc) is 2.11. The lowest BCUT2D eigenvalue weighted by Crippen LogP contribution is -2.12. The fraction of sp³-hybridized carbons (Fsp3) is 0. The van der Waals surface area contributed by atoms with E-state index in [1.807, 2.05) is 0 Å². The molecule has 0 saturated carbocycles. The quantitative estimate of drug-likeness (QED) is 0.394. The fourth-order valence-corrected chi connectivity index (χ4v) is 3.23. The van der Waals surface area contributed by atoms with Crippen LogP contribution in [0, 0.1) is 0 Å². The van der Waals surface area contributed by atoms with Gasteiger partial charge in [0.25, 0.3) is 30.4 Å². The second-order valence-corrected chi connectivity index (χ2v) is 7.46. The van der Waals surface area contributed by atoms with Crippen molar-refractivity contribution in [3.63, 3.8) is 0 Å². The van der Waals surface area contributed by atoms with Crippen molar-refractivity contribution in [2.24, 2.45) is 0 Å². The molecule has 0 spiro atoms. The van der Waals surface area contributed by atoms with E-state index in [1.165, 1.54) is 0 Å². The molecule has 0 aliphatic carbocycles.